The zero-order valence-corrected chi connectivity index (χ0v) is 13.3. The molecule has 120 valence electrons. The number of carboxylic acid groups (broad SMARTS) is 1. The average Bonchev–Trinajstić information content (AvgIpc) is 3.07. The lowest BCUT2D eigenvalue weighted by molar-refractivity contribution is -0.137. The Bertz CT molecular complexity index is 855. The van der Waals surface area contributed by atoms with E-state index in [1.54, 1.807) is 16.9 Å². The Labute approximate surface area is 137 Å². The molecule has 0 aliphatic heterocycles. The number of halogens is 1. The maximum absolute atomic E-state index is 10.6. The van der Waals surface area contributed by atoms with Crippen LogP contribution in [0.3, 0.4) is 0 Å². The first-order valence-corrected chi connectivity index (χ1v) is 7.55. The number of hydrogen-bond donors (Lipinski definition) is 2. The largest absolute Gasteiger partial charge is 0.481 e. The van der Waals surface area contributed by atoms with Gasteiger partial charge in [0, 0.05) is 32.4 Å². The van der Waals surface area contributed by atoms with E-state index in [1.165, 1.54) is 0 Å². The molecule has 0 radical (unpaired) electrons. The quantitative estimate of drug-likeness (QED) is 0.677. The minimum absolute atomic E-state index is 0.114. The molecule has 0 saturated heterocycles. The molecule has 8 heteroatoms. The summed E-state index contributed by atoms with van der Waals surface area (Å²) in [5.41, 5.74) is 2.20. The van der Waals surface area contributed by atoms with Crippen LogP contribution in [0.15, 0.2) is 30.6 Å². The molecule has 2 N–H and O–H groups in total. The van der Waals surface area contributed by atoms with Crippen LogP contribution in [-0.4, -0.2) is 36.8 Å². The van der Waals surface area contributed by atoms with E-state index in [1.807, 2.05) is 29.8 Å². The highest BCUT2D eigenvalue weighted by molar-refractivity contribution is 6.30. The Hall–Kier alpha value is -2.54. The van der Waals surface area contributed by atoms with Crippen molar-refractivity contribution in [3.05, 3.63) is 35.6 Å². The van der Waals surface area contributed by atoms with Crippen LogP contribution in [0.2, 0.25) is 5.02 Å². The number of aryl methyl sites for hydroxylation is 1. The van der Waals surface area contributed by atoms with Crippen molar-refractivity contribution in [3.8, 4) is 11.4 Å². The molecule has 0 saturated carbocycles. The van der Waals surface area contributed by atoms with E-state index in [9.17, 15) is 4.79 Å². The van der Waals surface area contributed by atoms with Crippen molar-refractivity contribution in [2.75, 3.05) is 11.9 Å². The monoisotopic (exact) mass is 333 g/mol. The standard InChI is InChI=1S/C15H16ClN5O2/c1-20-8-6-11(19-20)14-15(17-7-2-3-13(22)23)21-9-10(16)4-5-12(21)18-14/h4-6,8-9,17H,2-3,7H2,1H3,(H,22,23). The van der Waals surface area contributed by atoms with Crippen molar-refractivity contribution in [2.45, 2.75) is 12.8 Å². The van der Waals surface area contributed by atoms with Gasteiger partial charge in [0.1, 0.15) is 22.9 Å². The average molecular weight is 334 g/mol. The lowest BCUT2D eigenvalue weighted by atomic mass is 10.3. The van der Waals surface area contributed by atoms with Gasteiger partial charge in [-0.1, -0.05) is 11.6 Å². The molecular weight excluding hydrogens is 318 g/mol. The summed E-state index contributed by atoms with van der Waals surface area (Å²) < 4.78 is 3.56. The van der Waals surface area contributed by atoms with Crippen LogP contribution in [0.25, 0.3) is 17.0 Å². The molecule has 23 heavy (non-hydrogen) atoms. The van der Waals surface area contributed by atoms with E-state index in [4.69, 9.17) is 16.7 Å². The number of nitrogens with zero attached hydrogens (tertiary/aromatic N) is 4. The van der Waals surface area contributed by atoms with Crippen LogP contribution in [-0.2, 0) is 11.8 Å². The number of nitrogens with one attached hydrogen (secondary N) is 1. The molecule has 3 heterocycles. The Morgan fingerprint density at radius 2 is 2.22 bits per heavy atom. The third kappa shape index (κ3) is 3.29. The molecule has 0 aliphatic rings. The van der Waals surface area contributed by atoms with E-state index in [2.05, 4.69) is 15.4 Å². The van der Waals surface area contributed by atoms with Crippen molar-refractivity contribution < 1.29 is 9.90 Å². The second kappa shape index (κ2) is 6.29. The number of aliphatic carboxylic acids is 1. The maximum Gasteiger partial charge on any atom is 0.303 e. The minimum atomic E-state index is -0.807. The minimum Gasteiger partial charge on any atom is -0.481 e. The van der Waals surface area contributed by atoms with Crippen LogP contribution in [0, 0.1) is 0 Å². The summed E-state index contributed by atoms with van der Waals surface area (Å²) in [7, 11) is 1.84. The van der Waals surface area contributed by atoms with Crippen molar-refractivity contribution in [3.63, 3.8) is 0 Å². The molecule has 0 aliphatic carbocycles. The number of fused-ring (bicyclic) bond motifs is 1. The Morgan fingerprint density at radius 3 is 2.91 bits per heavy atom. The molecular formula is C15H16ClN5O2. The van der Waals surface area contributed by atoms with Crippen molar-refractivity contribution >= 4 is 29.0 Å². The van der Waals surface area contributed by atoms with Crippen LogP contribution in [0.5, 0.6) is 0 Å². The second-order valence-electron chi connectivity index (χ2n) is 5.18. The number of rotatable bonds is 6. The van der Waals surface area contributed by atoms with E-state index >= 15 is 0 Å². The predicted octanol–water partition coefficient (Wildman–Crippen LogP) is 2.66. The van der Waals surface area contributed by atoms with Gasteiger partial charge >= 0.3 is 5.97 Å². The number of carbonyl (C=O) groups is 1. The molecule has 3 rings (SSSR count). The van der Waals surface area contributed by atoms with Crippen LogP contribution in [0.1, 0.15) is 12.8 Å². The summed E-state index contributed by atoms with van der Waals surface area (Å²) in [4.78, 5) is 15.2. The Morgan fingerprint density at radius 1 is 1.39 bits per heavy atom. The van der Waals surface area contributed by atoms with Crippen LogP contribution >= 0.6 is 11.6 Å². The fraction of sp³-hybridized carbons (Fsp3) is 0.267. The first-order chi connectivity index (χ1) is 11.0. The molecule has 7 nitrogen and oxygen atoms in total. The van der Waals surface area contributed by atoms with Gasteiger partial charge in [-0.3, -0.25) is 13.9 Å². The molecule has 3 aromatic rings. The molecule has 0 atom stereocenters. The first kappa shape index (κ1) is 15.4. The number of carboxylic acids is 1. The molecule has 0 fully saturated rings. The number of hydrogen-bond acceptors (Lipinski definition) is 4. The fourth-order valence-electron chi connectivity index (χ4n) is 2.35. The van der Waals surface area contributed by atoms with Gasteiger partial charge in [0.05, 0.1) is 5.02 Å². The lowest BCUT2D eigenvalue weighted by Gasteiger charge is -2.07. The Balaban J connectivity index is 1.97. The maximum atomic E-state index is 10.6. The summed E-state index contributed by atoms with van der Waals surface area (Å²) in [6.45, 7) is 0.520. The van der Waals surface area contributed by atoms with Crippen LogP contribution in [0.4, 0.5) is 5.82 Å². The first-order valence-electron chi connectivity index (χ1n) is 7.18. The van der Waals surface area contributed by atoms with Gasteiger partial charge in [-0.05, 0) is 24.6 Å². The topological polar surface area (TPSA) is 84.5 Å². The smallest absolute Gasteiger partial charge is 0.303 e. The van der Waals surface area contributed by atoms with E-state index < -0.39 is 5.97 Å². The summed E-state index contributed by atoms with van der Waals surface area (Å²) in [6, 6.07) is 5.49. The van der Waals surface area contributed by atoms with Gasteiger partial charge in [-0.2, -0.15) is 5.10 Å². The normalized spacial score (nSPS) is 11.0. The SMILES string of the molecule is Cn1ccc(-c2nc3ccc(Cl)cn3c2NCCCC(=O)O)n1. The fourth-order valence-corrected chi connectivity index (χ4v) is 2.51. The highest BCUT2D eigenvalue weighted by atomic mass is 35.5. The van der Waals surface area contributed by atoms with Crippen molar-refractivity contribution in [2.24, 2.45) is 7.05 Å². The number of imidazole rings is 1. The third-order valence-electron chi connectivity index (χ3n) is 3.40. The zero-order chi connectivity index (χ0) is 16.4. The lowest BCUT2D eigenvalue weighted by Crippen LogP contribution is -2.07. The zero-order valence-electron chi connectivity index (χ0n) is 12.5. The van der Waals surface area contributed by atoms with E-state index in [-0.39, 0.29) is 6.42 Å². The van der Waals surface area contributed by atoms with E-state index in [0.29, 0.717) is 23.7 Å². The molecule has 0 spiro atoms. The second-order valence-corrected chi connectivity index (χ2v) is 5.62. The van der Waals surface area contributed by atoms with Gasteiger partial charge in [-0.25, -0.2) is 4.98 Å². The van der Waals surface area contributed by atoms with Gasteiger partial charge < -0.3 is 10.4 Å². The van der Waals surface area contributed by atoms with Crippen molar-refractivity contribution in [1.82, 2.24) is 19.2 Å². The van der Waals surface area contributed by atoms with Gasteiger partial charge in [0.25, 0.3) is 0 Å². The van der Waals surface area contributed by atoms with Gasteiger partial charge in [0.15, 0.2) is 0 Å². The van der Waals surface area contributed by atoms with Crippen LogP contribution < -0.4 is 5.32 Å². The molecule has 0 unspecified atom stereocenters. The van der Waals surface area contributed by atoms with Crippen molar-refractivity contribution in [1.29, 1.82) is 0 Å². The summed E-state index contributed by atoms with van der Waals surface area (Å²) in [5.74, 6) is -0.0514. The number of anilines is 1. The highest BCUT2D eigenvalue weighted by Crippen LogP contribution is 2.28. The van der Waals surface area contributed by atoms with E-state index in [0.717, 1.165) is 17.2 Å². The van der Waals surface area contributed by atoms with Gasteiger partial charge in [0.2, 0.25) is 0 Å². The summed E-state index contributed by atoms with van der Waals surface area (Å²) >= 11 is 6.08. The highest BCUT2D eigenvalue weighted by Gasteiger charge is 2.16. The van der Waals surface area contributed by atoms with Gasteiger partial charge in [-0.15, -0.1) is 0 Å². The molecule has 3 aromatic heterocycles. The number of pyridine rings is 1. The Kier molecular flexibility index (Phi) is 4.20. The summed E-state index contributed by atoms with van der Waals surface area (Å²) in [5, 5.41) is 17.0. The third-order valence-corrected chi connectivity index (χ3v) is 3.62. The summed E-state index contributed by atoms with van der Waals surface area (Å²) in [6.07, 6.45) is 4.25. The molecule has 0 aromatic carbocycles. The number of aromatic nitrogens is 4. The molecule has 0 amide bonds. The predicted molar refractivity (Wildman–Crippen MR) is 87.8 cm³/mol. The molecule has 0 bridgehead atoms.